The van der Waals surface area contributed by atoms with Gasteiger partial charge in [-0.2, -0.15) is 0 Å². The van der Waals surface area contributed by atoms with Crippen molar-refractivity contribution in [3.05, 3.63) is 82.6 Å². The fourth-order valence-electron chi connectivity index (χ4n) is 2.57. The number of benzene rings is 3. The minimum Gasteiger partial charge on any atom is -0.455 e. The quantitative estimate of drug-likeness (QED) is 0.557. The predicted molar refractivity (Wildman–Crippen MR) is 111 cm³/mol. The molecule has 0 saturated heterocycles. The van der Waals surface area contributed by atoms with E-state index in [-0.39, 0.29) is 11.3 Å². The van der Waals surface area contributed by atoms with Crippen LogP contribution in [-0.2, 0) is 4.79 Å². The third-order valence-electron chi connectivity index (χ3n) is 3.98. The second-order valence-corrected chi connectivity index (χ2v) is 6.82. The Morgan fingerprint density at radius 3 is 2.34 bits per heavy atom. The molecule has 29 heavy (non-hydrogen) atoms. The average molecular weight is 413 g/mol. The maximum Gasteiger partial charge on any atom is 0.255 e. The van der Waals surface area contributed by atoms with Crippen LogP contribution in [0.3, 0.4) is 0 Å². The molecule has 148 valence electrons. The standard InChI is InChI=1S/C22H18ClFN2O3/c1-13-3-7-17(8-4-13)29-21-10-6-16(23)12-20(21)26-22(28)15-5-9-18(24)19(11-15)25-14(2)27/h3-12H,1-2H3,(H,25,27)(H,26,28). The zero-order valence-corrected chi connectivity index (χ0v) is 16.5. The molecule has 0 aliphatic carbocycles. The summed E-state index contributed by atoms with van der Waals surface area (Å²) in [4.78, 5) is 23.9. The molecule has 0 aliphatic rings. The fraction of sp³-hybridized carbons (Fsp3) is 0.0909. The molecule has 3 rings (SSSR count). The first-order valence-electron chi connectivity index (χ1n) is 8.74. The molecule has 0 bridgehead atoms. The van der Waals surface area contributed by atoms with Crippen LogP contribution in [0.2, 0.25) is 5.02 Å². The molecule has 0 spiro atoms. The Hall–Kier alpha value is -3.38. The zero-order valence-electron chi connectivity index (χ0n) is 15.8. The molecular weight excluding hydrogens is 395 g/mol. The van der Waals surface area contributed by atoms with Crippen molar-refractivity contribution < 1.29 is 18.7 Å². The van der Waals surface area contributed by atoms with E-state index in [4.69, 9.17) is 16.3 Å². The molecular formula is C22H18ClFN2O3. The van der Waals surface area contributed by atoms with Gasteiger partial charge >= 0.3 is 0 Å². The molecule has 0 fully saturated rings. The molecule has 0 aliphatic heterocycles. The number of hydrogen-bond acceptors (Lipinski definition) is 3. The summed E-state index contributed by atoms with van der Waals surface area (Å²) in [7, 11) is 0. The van der Waals surface area contributed by atoms with Gasteiger partial charge in [-0.25, -0.2) is 4.39 Å². The summed E-state index contributed by atoms with van der Waals surface area (Å²) in [5, 5.41) is 5.48. The van der Waals surface area contributed by atoms with Crippen LogP contribution in [0.5, 0.6) is 11.5 Å². The monoisotopic (exact) mass is 412 g/mol. The van der Waals surface area contributed by atoms with Crippen molar-refractivity contribution in [1.82, 2.24) is 0 Å². The highest BCUT2D eigenvalue weighted by Gasteiger charge is 2.14. The number of amides is 2. The normalized spacial score (nSPS) is 10.3. The second kappa shape index (κ2) is 8.75. The van der Waals surface area contributed by atoms with E-state index in [0.29, 0.717) is 22.2 Å². The van der Waals surface area contributed by atoms with E-state index < -0.39 is 17.6 Å². The van der Waals surface area contributed by atoms with Gasteiger partial charge in [0.2, 0.25) is 5.91 Å². The highest BCUT2D eigenvalue weighted by atomic mass is 35.5. The van der Waals surface area contributed by atoms with Crippen molar-refractivity contribution in [1.29, 1.82) is 0 Å². The smallest absolute Gasteiger partial charge is 0.255 e. The Bertz CT molecular complexity index is 1070. The Balaban J connectivity index is 1.85. The maximum atomic E-state index is 13.8. The minimum atomic E-state index is -0.636. The van der Waals surface area contributed by atoms with E-state index in [9.17, 15) is 14.0 Å². The summed E-state index contributed by atoms with van der Waals surface area (Å²) < 4.78 is 19.7. The van der Waals surface area contributed by atoms with Crippen molar-refractivity contribution in [3.8, 4) is 11.5 Å². The van der Waals surface area contributed by atoms with Gasteiger partial charge in [-0.3, -0.25) is 9.59 Å². The van der Waals surface area contributed by atoms with Gasteiger partial charge in [0, 0.05) is 17.5 Å². The highest BCUT2D eigenvalue weighted by Crippen LogP contribution is 2.32. The molecule has 5 nitrogen and oxygen atoms in total. The number of aryl methyl sites for hydroxylation is 1. The topological polar surface area (TPSA) is 67.4 Å². The van der Waals surface area contributed by atoms with E-state index in [1.54, 1.807) is 18.2 Å². The Labute approximate surface area is 172 Å². The molecule has 0 unspecified atom stereocenters. The third kappa shape index (κ3) is 5.33. The number of hydrogen-bond donors (Lipinski definition) is 2. The van der Waals surface area contributed by atoms with Gasteiger partial charge in [0.15, 0.2) is 5.75 Å². The Kier molecular flexibility index (Phi) is 6.14. The highest BCUT2D eigenvalue weighted by molar-refractivity contribution is 6.31. The van der Waals surface area contributed by atoms with Crippen molar-refractivity contribution in [3.63, 3.8) is 0 Å². The van der Waals surface area contributed by atoms with Gasteiger partial charge in [-0.1, -0.05) is 29.3 Å². The molecule has 0 radical (unpaired) electrons. The second-order valence-electron chi connectivity index (χ2n) is 6.39. The number of carbonyl (C=O) groups excluding carboxylic acids is 2. The number of nitrogens with one attached hydrogen (secondary N) is 2. The summed E-state index contributed by atoms with van der Waals surface area (Å²) in [6, 6.07) is 16.0. The zero-order chi connectivity index (χ0) is 21.0. The average Bonchev–Trinajstić information content (AvgIpc) is 2.67. The molecule has 3 aromatic rings. The summed E-state index contributed by atoms with van der Waals surface area (Å²) in [6.07, 6.45) is 0. The lowest BCUT2D eigenvalue weighted by molar-refractivity contribution is -0.114. The number of anilines is 2. The van der Waals surface area contributed by atoms with E-state index in [1.165, 1.54) is 19.1 Å². The van der Waals surface area contributed by atoms with Gasteiger partial charge in [0.25, 0.3) is 5.91 Å². The minimum absolute atomic E-state index is 0.0765. The van der Waals surface area contributed by atoms with Gasteiger partial charge < -0.3 is 15.4 Å². The lowest BCUT2D eigenvalue weighted by Gasteiger charge is -2.14. The van der Waals surface area contributed by atoms with Gasteiger partial charge in [0.05, 0.1) is 11.4 Å². The third-order valence-corrected chi connectivity index (χ3v) is 4.21. The molecule has 0 aromatic heterocycles. The van der Waals surface area contributed by atoms with Crippen LogP contribution in [0, 0.1) is 12.7 Å². The van der Waals surface area contributed by atoms with Crippen LogP contribution >= 0.6 is 11.6 Å². The molecule has 2 amide bonds. The fourth-order valence-corrected chi connectivity index (χ4v) is 2.74. The summed E-state index contributed by atoms with van der Waals surface area (Å²) in [5.74, 6) is -0.584. The Morgan fingerprint density at radius 1 is 0.931 bits per heavy atom. The van der Waals surface area contributed by atoms with Crippen LogP contribution in [0.4, 0.5) is 15.8 Å². The number of carbonyl (C=O) groups is 2. The van der Waals surface area contributed by atoms with Crippen LogP contribution in [0.25, 0.3) is 0 Å². The summed E-state index contributed by atoms with van der Waals surface area (Å²) >= 11 is 6.07. The maximum absolute atomic E-state index is 13.8. The molecule has 0 saturated carbocycles. The van der Waals surface area contributed by atoms with Gasteiger partial charge in [-0.15, -0.1) is 0 Å². The molecule has 3 aromatic carbocycles. The van der Waals surface area contributed by atoms with Crippen molar-refractivity contribution >= 4 is 34.8 Å². The molecule has 7 heteroatoms. The lowest BCUT2D eigenvalue weighted by atomic mass is 10.1. The largest absolute Gasteiger partial charge is 0.455 e. The van der Waals surface area contributed by atoms with E-state index in [1.807, 2.05) is 31.2 Å². The van der Waals surface area contributed by atoms with E-state index in [0.717, 1.165) is 11.6 Å². The number of rotatable bonds is 5. The summed E-state index contributed by atoms with van der Waals surface area (Å²) in [5.41, 5.74) is 1.53. The first-order chi connectivity index (χ1) is 13.8. The summed E-state index contributed by atoms with van der Waals surface area (Å²) in [6.45, 7) is 3.22. The molecule has 0 atom stereocenters. The number of halogens is 2. The van der Waals surface area contributed by atoms with Crippen molar-refractivity contribution in [2.75, 3.05) is 10.6 Å². The first-order valence-corrected chi connectivity index (χ1v) is 9.12. The molecule has 0 heterocycles. The predicted octanol–water partition coefficient (Wildman–Crippen LogP) is 5.79. The van der Waals surface area contributed by atoms with Crippen molar-refractivity contribution in [2.24, 2.45) is 0 Å². The SMILES string of the molecule is CC(=O)Nc1cc(C(=O)Nc2cc(Cl)ccc2Oc2ccc(C)cc2)ccc1F. The molecule has 2 N–H and O–H groups in total. The van der Waals surface area contributed by atoms with Crippen LogP contribution in [0.15, 0.2) is 60.7 Å². The number of ether oxygens (including phenoxy) is 1. The van der Waals surface area contributed by atoms with Crippen LogP contribution in [-0.4, -0.2) is 11.8 Å². The van der Waals surface area contributed by atoms with Crippen LogP contribution in [0.1, 0.15) is 22.8 Å². The van der Waals surface area contributed by atoms with Gasteiger partial charge in [-0.05, 0) is 55.5 Å². The van der Waals surface area contributed by atoms with Gasteiger partial charge in [0.1, 0.15) is 11.6 Å². The first kappa shape index (κ1) is 20.4. The van der Waals surface area contributed by atoms with E-state index >= 15 is 0 Å². The lowest BCUT2D eigenvalue weighted by Crippen LogP contribution is -2.14. The van der Waals surface area contributed by atoms with E-state index in [2.05, 4.69) is 10.6 Å². The van der Waals surface area contributed by atoms with Crippen molar-refractivity contribution in [2.45, 2.75) is 13.8 Å². The van der Waals surface area contributed by atoms with Crippen LogP contribution < -0.4 is 15.4 Å². The Morgan fingerprint density at radius 2 is 1.66 bits per heavy atom.